The molecule has 1 rings (SSSR count). The number of methoxy groups -OCH3 is 1. The molecule has 20 heavy (non-hydrogen) atoms. The number of nitrogens with one attached hydrogen (secondary N) is 1. The van der Waals surface area contributed by atoms with Crippen LogP contribution in [0.25, 0.3) is 0 Å². The van der Waals surface area contributed by atoms with Gasteiger partial charge < -0.3 is 19.5 Å². The van der Waals surface area contributed by atoms with Crippen molar-refractivity contribution in [3.8, 4) is 11.5 Å². The molecular formula is C14H19NO5. The second kappa shape index (κ2) is 8.04. The second-order valence-corrected chi connectivity index (χ2v) is 3.78. The Labute approximate surface area is 118 Å². The summed E-state index contributed by atoms with van der Waals surface area (Å²) < 4.78 is 15.2. The third-order valence-corrected chi connectivity index (χ3v) is 2.43. The van der Waals surface area contributed by atoms with Gasteiger partial charge in [-0.05, 0) is 26.0 Å². The van der Waals surface area contributed by atoms with E-state index in [1.807, 2.05) is 13.8 Å². The SMILES string of the molecule is CCOc1ccc(C(=O)NCC(=O)OC)c(OCC)c1. The van der Waals surface area contributed by atoms with Crippen molar-refractivity contribution >= 4 is 11.9 Å². The van der Waals surface area contributed by atoms with Crippen LogP contribution in [0.5, 0.6) is 11.5 Å². The number of rotatable bonds is 7. The molecule has 0 fully saturated rings. The van der Waals surface area contributed by atoms with Crippen LogP contribution in [0.3, 0.4) is 0 Å². The van der Waals surface area contributed by atoms with Gasteiger partial charge in [-0.15, -0.1) is 0 Å². The van der Waals surface area contributed by atoms with Crippen LogP contribution in [0.2, 0.25) is 0 Å². The zero-order valence-electron chi connectivity index (χ0n) is 11.9. The Bertz CT molecular complexity index is 473. The summed E-state index contributed by atoms with van der Waals surface area (Å²) in [5.74, 6) is 0.130. The summed E-state index contributed by atoms with van der Waals surface area (Å²) in [6.07, 6.45) is 0. The van der Waals surface area contributed by atoms with Crippen molar-refractivity contribution in [3.05, 3.63) is 23.8 Å². The number of esters is 1. The lowest BCUT2D eigenvalue weighted by Gasteiger charge is -2.12. The summed E-state index contributed by atoms with van der Waals surface area (Å²) in [6, 6.07) is 4.93. The van der Waals surface area contributed by atoms with Gasteiger partial charge in [0.05, 0.1) is 25.9 Å². The maximum Gasteiger partial charge on any atom is 0.325 e. The highest BCUT2D eigenvalue weighted by molar-refractivity contribution is 5.98. The Hall–Kier alpha value is -2.24. The van der Waals surface area contributed by atoms with Crippen LogP contribution in [0.1, 0.15) is 24.2 Å². The van der Waals surface area contributed by atoms with Crippen LogP contribution in [0.15, 0.2) is 18.2 Å². The number of carbonyl (C=O) groups is 2. The monoisotopic (exact) mass is 281 g/mol. The standard InChI is InChI=1S/C14H19NO5/c1-4-19-10-6-7-11(12(8-10)20-5-2)14(17)15-9-13(16)18-3/h6-8H,4-5,9H2,1-3H3,(H,15,17). The van der Waals surface area contributed by atoms with Crippen molar-refractivity contribution in [2.24, 2.45) is 0 Å². The Balaban J connectivity index is 2.86. The van der Waals surface area contributed by atoms with Crippen LogP contribution in [0.4, 0.5) is 0 Å². The summed E-state index contributed by atoms with van der Waals surface area (Å²) in [6.45, 7) is 4.46. The van der Waals surface area contributed by atoms with Crippen molar-refractivity contribution in [1.29, 1.82) is 0 Å². The van der Waals surface area contributed by atoms with E-state index in [1.165, 1.54) is 7.11 Å². The normalized spacial score (nSPS) is 9.75. The molecule has 6 nitrogen and oxygen atoms in total. The Morgan fingerprint density at radius 2 is 1.85 bits per heavy atom. The summed E-state index contributed by atoms with van der Waals surface area (Å²) in [5.41, 5.74) is 0.346. The number of carbonyl (C=O) groups excluding carboxylic acids is 2. The van der Waals surface area contributed by atoms with Crippen LogP contribution < -0.4 is 14.8 Å². The first-order chi connectivity index (χ1) is 9.62. The number of hydrogen-bond donors (Lipinski definition) is 1. The van der Waals surface area contributed by atoms with Crippen LogP contribution in [-0.2, 0) is 9.53 Å². The quantitative estimate of drug-likeness (QED) is 0.764. The van der Waals surface area contributed by atoms with E-state index in [1.54, 1.807) is 18.2 Å². The van der Waals surface area contributed by atoms with Gasteiger partial charge in [0.15, 0.2) is 0 Å². The summed E-state index contributed by atoms with van der Waals surface area (Å²) in [7, 11) is 1.26. The van der Waals surface area contributed by atoms with Gasteiger partial charge in [-0.1, -0.05) is 0 Å². The molecule has 0 aliphatic heterocycles. The lowest BCUT2D eigenvalue weighted by molar-refractivity contribution is -0.139. The number of hydrogen-bond acceptors (Lipinski definition) is 5. The molecule has 6 heteroatoms. The minimum atomic E-state index is -0.512. The molecule has 0 aliphatic carbocycles. The number of amides is 1. The highest BCUT2D eigenvalue weighted by Gasteiger charge is 2.14. The molecule has 1 amide bonds. The van der Waals surface area contributed by atoms with Crippen molar-refractivity contribution < 1.29 is 23.8 Å². The largest absolute Gasteiger partial charge is 0.494 e. The van der Waals surface area contributed by atoms with Crippen molar-refractivity contribution in [2.45, 2.75) is 13.8 Å². The number of benzene rings is 1. The molecule has 1 aromatic carbocycles. The third kappa shape index (κ3) is 4.46. The Morgan fingerprint density at radius 1 is 1.15 bits per heavy atom. The minimum Gasteiger partial charge on any atom is -0.494 e. The molecular weight excluding hydrogens is 262 g/mol. The van der Waals surface area contributed by atoms with Crippen molar-refractivity contribution in [2.75, 3.05) is 26.9 Å². The molecule has 0 aliphatic rings. The molecule has 0 spiro atoms. The maximum absolute atomic E-state index is 12.0. The lowest BCUT2D eigenvalue weighted by atomic mass is 10.1. The topological polar surface area (TPSA) is 73.9 Å². The first-order valence-corrected chi connectivity index (χ1v) is 6.37. The van der Waals surface area contributed by atoms with Crippen LogP contribution in [0, 0.1) is 0 Å². The van der Waals surface area contributed by atoms with E-state index >= 15 is 0 Å². The fourth-order valence-electron chi connectivity index (χ4n) is 1.54. The molecule has 0 radical (unpaired) electrons. The van der Waals surface area contributed by atoms with Gasteiger partial charge in [0.2, 0.25) is 0 Å². The summed E-state index contributed by atoms with van der Waals surface area (Å²) >= 11 is 0. The van der Waals surface area contributed by atoms with E-state index in [4.69, 9.17) is 9.47 Å². The third-order valence-electron chi connectivity index (χ3n) is 2.43. The van der Waals surface area contributed by atoms with E-state index < -0.39 is 11.9 Å². The molecule has 0 heterocycles. The first kappa shape index (κ1) is 15.8. The fourth-order valence-corrected chi connectivity index (χ4v) is 1.54. The zero-order chi connectivity index (χ0) is 15.0. The van der Waals surface area contributed by atoms with Gasteiger partial charge in [0.25, 0.3) is 5.91 Å². The maximum atomic E-state index is 12.0. The Kier molecular flexibility index (Phi) is 6.36. The molecule has 0 saturated heterocycles. The minimum absolute atomic E-state index is 0.186. The van der Waals surface area contributed by atoms with Crippen molar-refractivity contribution in [1.82, 2.24) is 5.32 Å². The van der Waals surface area contributed by atoms with Crippen molar-refractivity contribution in [3.63, 3.8) is 0 Å². The van der Waals surface area contributed by atoms with Gasteiger partial charge in [-0.3, -0.25) is 9.59 Å². The zero-order valence-corrected chi connectivity index (χ0v) is 11.9. The van der Waals surface area contributed by atoms with E-state index in [0.717, 1.165) is 0 Å². The van der Waals surface area contributed by atoms with Gasteiger partial charge in [-0.25, -0.2) is 0 Å². The first-order valence-electron chi connectivity index (χ1n) is 6.37. The van der Waals surface area contributed by atoms with E-state index in [0.29, 0.717) is 30.3 Å². The molecule has 0 unspecified atom stereocenters. The second-order valence-electron chi connectivity index (χ2n) is 3.78. The summed E-state index contributed by atoms with van der Waals surface area (Å²) in [4.78, 5) is 23.0. The number of ether oxygens (including phenoxy) is 3. The summed E-state index contributed by atoms with van der Waals surface area (Å²) in [5, 5.41) is 2.47. The predicted molar refractivity (Wildman–Crippen MR) is 73.1 cm³/mol. The van der Waals surface area contributed by atoms with Crippen LogP contribution >= 0.6 is 0 Å². The molecule has 1 aromatic rings. The molecule has 0 atom stereocenters. The average Bonchev–Trinajstić information content (AvgIpc) is 2.45. The average molecular weight is 281 g/mol. The highest BCUT2D eigenvalue weighted by atomic mass is 16.5. The van der Waals surface area contributed by atoms with Gasteiger partial charge in [0, 0.05) is 6.07 Å². The molecule has 0 bridgehead atoms. The predicted octanol–water partition coefficient (Wildman–Crippen LogP) is 1.39. The van der Waals surface area contributed by atoms with Gasteiger partial charge in [0.1, 0.15) is 18.0 Å². The van der Waals surface area contributed by atoms with Crippen LogP contribution in [-0.4, -0.2) is 38.7 Å². The van der Waals surface area contributed by atoms with E-state index in [9.17, 15) is 9.59 Å². The van der Waals surface area contributed by atoms with Gasteiger partial charge in [-0.2, -0.15) is 0 Å². The van der Waals surface area contributed by atoms with E-state index in [2.05, 4.69) is 10.1 Å². The fraction of sp³-hybridized carbons (Fsp3) is 0.429. The molecule has 0 aromatic heterocycles. The lowest BCUT2D eigenvalue weighted by Crippen LogP contribution is -2.30. The molecule has 0 saturated carbocycles. The smallest absolute Gasteiger partial charge is 0.325 e. The Morgan fingerprint density at radius 3 is 2.45 bits per heavy atom. The van der Waals surface area contributed by atoms with E-state index in [-0.39, 0.29) is 6.54 Å². The highest BCUT2D eigenvalue weighted by Crippen LogP contribution is 2.25. The molecule has 110 valence electrons. The van der Waals surface area contributed by atoms with Gasteiger partial charge >= 0.3 is 5.97 Å². The molecule has 1 N–H and O–H groups in total.